The van der Waals surface area contributed by atoms with Gasteiger partial charge in [0.15, 0.2) is 8.32 Å². The number of aryl methyl sites for hydroxylation is 2. The zero-order valence-electron chi connectivity index (χ0n) is 19.9. The monoisotopic (exact) mass is 419 g/mol. The van der Waals surface area contributed by atoms with Gasteiger partial charge in [-0.3, -0.25) is 0 Å². The van der Waals surface area contributed by atoms with Crippen molar-refractivity contribution in [1.29, 1.82) is 0 Å². The molecule has 0 atom stereocenters. The third kappa shape index (κ3) is 4.86. The topological polar surface area (TPSA) is 49.7 Å². The zero-order chi connectivity index (χ0) is 22.4. The van der Waals surface area contributed by atoms with Crippen molar-refractivity contribution < 1.29 is 18.7 Å². The van der Waals surface area contributed by atoms with E-state index in [9.17, 15) is 4.79 Å². The van der Waals surface area contributed by atoms with E-state index in [2.05, 4.69) is 33.9 Å². The predicted molar refractivity (Wildman–Crippen MR) is 122 cm³/mol. The van der Waals surface area contributed by atoms with Crippen LogP contribution in [0.3, 0.4) is 0 Å². The molecule has 2 rings (SSSR count). The smallest absolute Gasteiger partial charge is 0.419 e. The summed E-state index contributed by atoms with van der Waals surface area (Å²) in [6.07, 6.45) is -0.366. The molecule has 0 aliphatic rings. The molecule has 29 heavy (non-hydrogen) atoms. The molecule has 0 saturated heterocycles. The Morgan fingerprint density at radius 2 is 1.66 bits per heavy atom. The molecule has 1 aromatic carbocycles. The summed E-state index contributed by atoms with van der Waals surface area (Å²) in [4.78, 5) is 12.9. The number of benzene rings is 1. The Bertz CT molecular complexity index is 914. The first-order valence-electron chi connectivity index (χ1n) is 10.1. The summed E-state index contributed by atoms with van der Waals surface area (Å²) in [5, 5.41) is 1.09. The third-order valence-electron chi connectivity index (χ3n) is 5.71. The number of carbonyl (C=O) groups excluding carboxylic acids is 1. The van der Waals surface area contributed by atoms with Crippen molar-refractivity contribution in [1.82, 2.24) is 4.57 Å². The lowest BCUT2D eigenvalue weighted by Gasteiger charge is -2.36. The van der Waals surface area contributed by atoms with Crippen LogP contribution in [0, 0.1) is 13.8 Å². The Hall–Kier alpha value is -1.79. The average molecular weight is 420 g/mol. The molecule has 1 aromatic heterocycles. The molecule has 6 heteroatoms. The van der Waals surface area contributed by atoms with Gasteiger partial charge in [0.25, 0.3) is 0 Å². The van der Waals surface area contributed by atoms with Gasteiger partial charge >= 0.3 is 6.09 Å². The fraction of sp³-hybridized carbons (Fsp3) is 0.609. The largest absolute Gasteiger partial charge is 0.496 e. The van der Waals surface area contributed by atoms with E-state index in [1.807, 2.05) is 46.8 Å². The maximum Gasteiger partial charge on any atom is 0.419 e. The number of methoxy groups -OCH3 is 1. The van der Waals surface area contributed by atoms with E-state index in [0.29, 0.717) is 6.61 Å². The van der Waals surface area contributed by atoms with Crippen molar-refractivity contribution in [3.05, 3.63) is 29.0 Å². The summed E-state index contributed by atoms with van der Waals surface area (Å²) >= 11 is 0. The van der Waals surface area contributed by atoms with Crippen LogP contribution >= 0.6 is 0 Å². The number of fused-ring (bicyclic) bond motifs is 1. The normalized spacial score (nSPS) is 13.1. The molecule has 0 saturated carbocycles. The van der Waals surface area contributed by atoms with Crippen LogP contribution in [0.15, 0.2) is 12.1 Å². The van der Waals surface area contributed by atoms with Crippen molar-refractivity contribution in [3.8, 4) is 5.75 Å². The highest BCUT2D eigenvalue weighted by molar-refractivity contribution is 6.74. The Morgan fingerprint density at radius 1 is 1.07 bits per heavy atom. The van der Waals surface area contributed by atoms with Gasteiger partial charge < -0.3 is 13.9 Å². The van der Waals surface area contributed by atoms with Gasteiger partial charge in [-0.05, 0) is 70.4 Å². The molecule has 0 aliphatic heterocycles. The van der Waals surface area contributed by atoms with Crippen molar-refractivity contribution >= 4 is 25.3 Å². The standard InChI is InChI=1S/C23H37NO4Si/c1-15-12-19(26-9)18(14-27-29(10,11)23(6,7)8)17-13-16(2)24(20(15)17)21(25)28-22(3,4)5/h12-13H,14H2,1-11H3. The average Bonchev–Trinajstić information content (AvgIpc) is 2.88. The first-order chi connectivity index (χ1) is 13.1. The molecule has 5 nitrogen and oxygen atoms in total. The first-order valence-corrected chi connectivity index (χ1v) is 13.1. The van der Waals surface area contributed by atoms with E-state index in [4.69, 9.17) is 13.9 Å². The van der Waals surface area contributed by atoms with E-state index >= 15 is 0 Å². The molecule has 0 radical (unpaired) electrons. The van der Waals surface area contributed by atoms with Crippen LogP contribution in [0.1, 0.15) is 58.4 Å². The Labute approximate surface area is 176 Å². The SMILES string of the molecule is COc1cc(C)c2c(cc(C)n2C(=O)OC(C)(C)C)c1CO[Si](C)(C)C(C)(C)C. The maximum absolute atomic E-state index is 12.9. The van der Waals surface area contributed by atoms with Gasteiger partial charge in [0, 0.05) is 16.6 Å². The summed E-state index contributed by atoms with van der Waals surface area (Å²) in [5.41, 5.74) is 3.06. The quantitative estimate of drug-likeness (QED) is 0.526. The maximum atomic E-state index is 12.9. The summed E-state index contributed by atoms with van der Waals surface area (Å²) in [7, 11) is -0.264. The minimum atomic E-state index is -1.94. The molecule has 0 unspecified atom stereocenters. The number of carbonyl (C=O) groups is 1. The fourth-order valence-corrected chi connectivity index (χ4v) is 4.02. The highest BCUT2D eigenvalue weighted by Gasteiger charge is 2.37. The van der Waals surface area contributed by atoms with E-state index in [1.54, 1.807) is 11.7 Å². The molecule has 162 valence electrons. The highest BCUT2D eigenvalue weighted by atomic mass is 28.4. The van der Waals surface area contributed by atoms with Gasteiger partial charge in [-0.1, -0.05) is 20.8 Å². The molecular formula is C23H37NO4Si. The number of hydrogen-bond donors (Lipinski definition) is 0. The molecule has 1 heterocycles. The van der Waals surface area contributed by atoms with Gasteiger partial charge in [-0.2, -0.15) is 0 Å². The van der Waals surface area contributed by atoms with Crippen LogP contribution in [-0.2, 0) is 15.8 Å². The van der Waals surface area contributed by atoms with Gasteiger partial charge in [-0.25, -0.2) is 9.36 Å². The third-order valence-corrected chi connectivity index (χ3v) is 10.2. The molecule has 0 bridgehead atoms. The number of rotatable bonds is 4. The molecule has 2 aromatic rings. The fourth-order valence-electron chi connectivity index (χ4n) is 3.09. The lowest BCUT2D eigenvalue weighted by atomic mass is 10.1. The molecule has 0 amide bonds. The second-order valence-electron chi connectivity index (χ2n) is 10.3. The molecular weight excluding hydrogens is 382 g/mol. The van der Waals surface area contributed by atoms with Crippen LogP contribution < -0.4 is 4.74 Å². The van der Waals surface area contributed by atoms with Gasteiger partial charge in [-0.15, -0.1) is 0 Å². The van der Waals surface area contributed by atoms with Crippen molar-refractivity contribution in [2.75, 3.05) is 7.11 Å². The van der Waals surface area contributed by atoms with E-state index in [-0.39, 0.29) is 11.1 Å². The predicted octanol–water partition coefficient (Wildman–Crippen LogP) is 6.57. The Kier molecular flexibility index (Phi) is 6.32. The second-order valence-corrected chi connectivity index (χ2v) is 15.1. The number of hydrogen-bond acceptors (Lipinski definition) is 4. The van der Waals surface area contributed by atoms with E-state index in [1.165, 1.54) is 0 Å². The molecule has 0 aliphatic carbocycles. The van der Waals surface area contributed by atoms with Crippen LogP contribution in [0.4, 0.5) is 4.79 Å². The molecule has 0 N–H and O–H groups in total. The Morgan fingerprint density at radius 3 is 2.14 bits per heavy atom. The lowest BCUT2D eigenvalue weighted by molar-refractivity contribution is 0.0541. The summed E-state index contributed by atoms with van der Waals surface area (Å²) in [5.74, 6) is 0.787. The molecule has 0 spiro atoms. The lowest BCUT2D eigenvalue weighted by Crippen LogP contribution is -2.40. The second kappa shape index (κ2) is 7.80. The summed E-state index contributed by atoms with van der Waals surface area (Å²) < 4.78 is 19.5. The zero-order valence-corrected chi connectivity index (χ0v) is 20.9. The van der Waals surface area contributed by atoms with Gasteiger partial charge in [0.05, 0.1) is 19.2 Å². The highest BCUT2D eigenvalue weighted by Crippen LogP contribution is 2.39. The van der Waals surface area contributed by atoms with E-state index < -0.39 is 13.9 Å². The van der Waals surface area contributed by atoms with Gasteiger partial charge in [0.1, 0.15) is 11.4 Å². The summed E-state index contributed by atoms with van der Waals surface area (Å²) in [6.45, 7) is 21.1. The Balaban J connectivity index is 2.61. The minimum Gasteiger partial charge on any atom is -0.496 e. The van der Waals surface area contributed by atoms with Crippen molar-refractivity contribution in [3.63, 3.8) is 0 Å². The van der Waals surface area contributed by atoms with Crippen molar-refractivity contribution in [2.24, 2.45) is 0 Å². The van der Waals surface area contributed by atoms with Crippen LogP contribution in [0.25, 0.3) is 10.9 Å². The number of nitrogens with zero attached hydrogens (tertiary/aromatic N) is 1. The van der Waals surface area contributed by atoms with Gasteiger partial charge in [0.2, 0.25) is 0 Å². The number of aromatic nitrogens is 1. The van der Waals surface area contributed by atoms with Crippen LogP contribution in [0.5, 0.6) is 5.75 Å². The molecule has 0 fully saturated rings. The first kappa shape index (κ1) is 23.5. The minimum absolute atomic E-state index is 0.114. The van der Waals surface area contributed by atoms with Crippen molar-refractivity contribution in [2.45, 2.75) is 85.7 Å². The van der Waals surface area contributed by atoms with Crippen LogP contribution in [0.2, 0.25) is 18.1 Å². The van der Waals surface area contributed by atoms with E-state index in [0.717, 1.165) is 33.5 Å². The number of ether oxygens (including phenoxy) is 2. The van der Waals surface area contributed by atoms with Crippen LogP contribution in [-0.4, -0.2) is 31.7 Å². The summed E-state index contributed by atoms with van der Waals surface area (Å²) in [6, 6.07) is 4.01.